The smallest absolute Gasteiger partial charge is 0.404 e. The van der Waals surface area contributed by atoms with Crippen molar-refractivity contribution in [1.29, 1.82) is 0 Å². The maximum Gasteiger partial charge on any atom is 0.573 e. The number of anilines is 1. The van der Waals surface area contributed by atoms with Gasteiger partial charge >= 0.3 is 6.36 Å². The first kappa shape index (κ1) is 13.8. The zero-order valence-corrected chi connectivity index (χ0v) is 11.1. The highest BCUT2D eigenvalue weighted by molar-refractivity contribution is 5.56. The van der Waals surface area contributed by atoms with Crippen molar-refractivity contribution in [1.82, 2.24) is 9.55 Å². The number of halogens is 3. The lowest BCUT2D eigenvalue weighted by atomic mass is 10.3. The van der Waals surface area contributed by atoms with Gasteiger partial charge in [-0.1, -0.05) is 12.1 Å². The maximum absolute atomic E-state index is 12.3. The van der Waals surface area contributed by atoms with Crippen molar-refractivity contribution in [2.75, 3.05) is 5.32 Å². The third-order valence-electron chi connectivity index (χ3n) is 3.26. The number of para-hydroxylation sites is 2. The largest absolute Gasteiger partial charge is 0.573 e. The predicted octanol–water partition coefficient (Wildman–Crippen LogP) is 3.73. The average Bonchev–Trinajstić information content (AvgIpc) is 3.15. The van der Waals surface area contributed by atoms with Crippen molar-refractivity contribution in [3.63, 3.8) is 0 Å². The van der Waals surface area contributed by atoms with Gasteiger partial charge in [-0.3, -0.25) is 0 Å². The molecular formula is C14H14F3N3O. The standard InChI is InChI=1S/C14H14F3N3O/c15-14(16,17)21-13-4-2-1-3-12(13)19-8-11-7-18-9-20(11)10-5-6-10/h1-4,7,9-10,19H,5-6,8H2. The van der Waals surface area contributed by atoms with E-state index in [0.717, 1.165) is 18.5 Å². The summed E-state index contributed by atoms with van der Waals surface area (Å²) in [6, 6.07) is 6.48. The van der Waals surface area contributed by atoms with Gasteiger partial charge in [0.15, 0.2) is 5.75 Å². The molecule has 2 aromatic rings. The zero-order valence-electron chi connectivity index (χ0n) is 11.1. The van der Waals surface area contributed by atoms with Crippen LogP contribution in [-0.2, 0) is 6.54 Å². The number of ether oxygens (including phenoxy) is 1. The van der Waals surface area contributed by atoms with Gasteiger partial charge in [0.05, 0.1) is 24.3 Å². The van der Waals surface area contributed by atoms with Crippen molar-refractivity contribution in [3.05, 3.63) is 42.5 Å². The van der Waals surface area contributed by atoms with Gasteiger partial charge in [0.1, 0.15) is 0 Å². The summed E-state index contributed by atoms with van der Waals surface area (Å²) >= 11 is 0. The fourth-order valence-electron chi connectivity index (χ4n) is 2.16. The van der Waals surface area contributed by atoms with Crippen molar-refractivity contribution in [2.24, 2.45) is 0 Å². The van der Waals surface area contributed by atoms with Crippen LogP contribution >= 0.6 is 0 Å². The van der Waals surface area contributed by atoms with Crippen LogP contribution in [0.2, 0.25) is 0 Å². The maximum atomic E-state index is 12.3. The van der Waals surface area contributed by atoms with Crippen LogP contribution in [0.3, 0.4) is 0 Å². The van der Waals surface area contributed by atoms with Crippen molar-refractivity contribution in [3.8, 4) is 5.75 Å². The molecule has 7 heteroatoms. The normalized spacial score (nSPS) is 15.0. The van der Waals surface area contributed by atoms with Gasteiger partial charge in [0.25, 0.3) is 0 Å². The number of alkyl halides is 3. The molecule has 1 fully saturated rings. The molecular weight excluding hydrogens is 283 g/mol. The molecule has 0 bridgehead atoms. The van der Waals surface area contributed by atoms with Crippen LogP contribution in [0.25, 0.3) is 0 Å². The molecule has 1 heterocycles. The van der Waals surface area contributed by atoms with Crippen LogP contribution in [0.1, 0.15) is 24.6 Å². The summed E-state index contributed by atoms with van der Waals surface area (Å²) in [4.78, 5) is 4.09. The Labute approximate surface area is 119 Å². The van der Waals surface area contributed by atoms with Crippen molar-refractivity contribution < 1.29 is 17.9 Å². The molecule has 1 aromatic heterocycles. The van der Waals surface area contributed by atoms with Crippen LogP contribution < -0.4 is 10.1 Å². The Hall–Kier alpha value is -2.18. The van der Waals surface area contributed by atoms with Crippen LogP contribution in [0.15, 0.2) is 36.8 Å². The van der Waals surface area contributed by atoms with Gasteiger partial charge in [-0.25, -0.2) is 4.98 Å². The fourth-order valence-corrected chi connectivity index (χ4v) is 2.16. The van der Waals surface area contributed by atoms with Gasteiger partial charge in [0, 0.05) is 12.2 Å². The Bertz CT molecular complexity index is 620. The molecule has 1 aliphatic carbocycles. The summed E-state index contributed by atoms with van der Waals surface area (Å²) in [6.45, 7) is 0.398. The van der Waals surface area contributed by atoms with Crippen molar-refractivity contribution >= 4 is 5.69 Å². The molecule has 21 heavy (non-hydrogen) atoms. The average molecular weight is 297 g/mol. The van der Waals surface area contributed by atoms with E-state index in [0.29, 0.717) is 18.3 Å². The number of nitrogens with zero attached hydrogens (tertiary/aromatic N) is 2. The minimum atomic E-state index is -4.70. The third-order valence-corrected chi connectivity index (χ3v) is 3.26. The van der Waals surface area contributed by atoms with E-state index in [1.54, 1.807) is 24.7 Å². The molecule has 0 spiro atoms. The van der Waals surface area contributed by atoms with Gasteiger partial charge < -0.3 is 14.6 Å². The van der Waals surface area contributed by atoms with Gasteiger partial charge in [0.2, 0.25) is 0 Å². The second-order valence-corrected chi connectivity index (χ2v) is 4.92. The molecule has 4 nitrogen and oxygen atoms in total. The molecule has 0 aliphatic heterocycles. The van der Waals surface area contributed by atoms with Crippen molar-refractivity contribution in [2.45, 2.75) is 31.8 Å². The fraction of sp³-hybridized carbons (Fsp3) is 0.357. The summed E-state index contributed by atoms with van der Waals surface area (Å²) in [5.74, 6) is -0.234. The molecule has 1 aromatic carbocycles. The van der Waals surface area contributed by atoms with Crippen LogP contribution in [-0.4, -0.2) is 15.9 Å². The number of hydrogen-bond acceptors (Lipinski definition) is 3. The van der Waals surface area contributed by atoms with E-state index in [1.165, 1.54) is 12.1 Å². The van der Waals surface area contributed by atoms with Gasteiger partial charge in [-0.05, 0) is 25.0 Å². The molecule has 3 rings (SSSR count). The lowest BCUT2D eigenvalue weighted by molar-refractivity contribution is -0.274. The van der Waals surface area contributed by atoms with E-state index in [-0.39, 0.29) is 5.75 Å². The second-order valence-electron chi connectivity index (χ2n) is 4.92. The van der Waals surface area contributed by atoms with Crippen LogP contribution in [0.4, 0.5) is 18.9 Å². The molecule has 1 aliphatic rings. The Kier molecular flexibility index (Phi) is 3.48. The summed E-state index contributed by atoms with van der Waals surface area (Å²) in [5, 5.41) is 2.98. The number of hydrogen-bond donors (Lipinski definition) is 1. The second kappa shape index (κ2) is 5.31. The van der Waals surface area contributed by atoms with E-state index < -0.39 is 6.36 Å². The first-order valence-electron chi connectivity index (χ1n) is 6.62. The van der Waals surface area contributed by atoms with E-state index in [9.17, 15) is 13.2 Å². The van der Waals surface area contributed by atoms with E-state index in [4.69, 9.17) is 0 Å². The molecule has 1 N–H and O–H groups in total. The highest BCUT2D eigenvalue weighted by Crippen LogP contribution is 2.36. The highest BCUT2D eigenvalue weighted by Gasteiger charge is 2.32. The highest BCUT2D eigenvalue weighted by atomic mass is 19.4. The summed E-state index contributed by atoms with van der Waals surface area (Å²) in [5.41, 5.74) is 1.25. The monoisotopic (exact) mass is 297 g/mol. The number of benzene rings is 1. The molecule has 0 amide bonds. The van der Waals surface area contributed by atoms with Crippen LogP contribution in [0.5, 0.6) is 5.75 Å². The van der Waals surface area contributed by atoms with E-state index in [1.807, 2.05) is 0 Å². The molecule has 0 atom stereocenters. The predicted molar refractivity (Wildman–Crippen MR) is 70.9 cm³/mol. The Morgan fingerprint density at radius 1 is 1.29 bits per heavy atom. The first-order valence-corrected chi connectivity index (χ1v) is 6.62. The Balaban J connectivity index is 1.71. The Morgan fingerprint density at radius 2 is 2.05 bits per heavy atom. The lowest BCUT2D eigenvalue weighted by Gasteiger charge is -2.15. The molecule has 0 radical (unpaired) electrons. The molecule has 112 valence electrons. The van der Waals surface area contributed by atoms with E-state index >= 15 is 0 Å². The summed E-state index contributed by atoms with van der Waals surface area (Å²) in [7, 11) is 0. The Morgan fingerprint density at radius 3 is 2.76 bits per heavy atom. The van der Waals surface area contributed by atoms with Gasteiger partial charge in [-0.2, -0.15) is 0 Å². The first-order chi connectivity index (χ1) is 10.0. The quantitative estimate of drug-likeness (QED) is 0.914. The SMILES string of the molecule is FC(F)(F)Oc1ccccc1NCc1cncn1C1CC1. The lowest BCUT2D eigenvalue weighted by Crippen LogP contribution is -2.18. The zero-order chi connectivity index (χ0) is 14.9. The number of aromatic nitrogens is 2. The summed E-state index contributed by atoms with van der Waals surface area (Å²) in [6.07, 6.45) is 1.02. The molecule has 0 unspecified atom stereocenters. The van der Waals surface area contributed by atoms with Gasteiger partial charge in [-0.15, -0.1) is 13.2 Å². The van der Waals surface area contributed by atoms with Crippen LogP contribution in [0, 0.1) is 0 Å². The molecule has 1 saturated carbocycles. The minimum Gasteiger partial charge on any atom is -0.404 e. The topological polar surface area (TPSA) is 39.1 Å². The van der Waals surface area contributed by atoms with E-state index in [2.05, 4.69) is 19.6 Å². The third kappa shape index (κ3) is 3.48. The number of nitrogens with one attached hydrogen (secondary N) is 1. The summed E-state index contributed by atoms with van der Waals surface area (Å²) < 4.78 is 43.1. The number of imidazole rings is 1. The minimum absolute atomic E-state index is 0.234. The molecule has 0 saturated heterocycles. The number of rotatable bonds is 5.